The van der Waals surface area contributed by atoms with Gasteiger partial charge in [0.15, 0.2) is 5.13 Å². The predicted octanol–water partition coefficient (Wildman–Crippen LogP) is 5.13. The molecular weight excluding hydrogens is 382 g/mol. The first-order valence-corrected chi connectivity index (χ1v) is 11.5. The Morgan fingerprint density at radius 2 is 1.82 bits per heavy atom. The van der Waals surface area contributed by atoms with E-state index in [0.717, 1.165) is 38.2 Å². The SMILES string of the molecule is Nc1nc2c(s1)CCN(CC=Cc1ccc(SCc3ccccc3)cc1)CC2. The second kappa shape index (κ2) is 9.41. The van der Waals surface area contributed by atoms with Crippen molar-refractivity contribution < 1.29 is 0 Å². The van der Waals surface area contributed by atoms with Crippen LogP contribution in [0.1, 0.15) is 21.7 Å². The molecule has 0 saturated carbocycles. The van der Waals surface area contributed by atoms with E-state index < -0.39 is 0 Å². The molecule has 1 aromatic heterocycles. The van der Waals surface area contributed by atoms with Gasteiger partial charge in [-0.2, -0.15) is 0 Å². The normalized spacial score (nSPS) is 14.9. The van der Waals surface area contributed by atoms with Gasteiger partial charge in [0.2, 0.25) is 0 Å². The number of fused-ring (bicyclic) bond motifs is 1. The first kappa shape index (κ1) is 19.2. The van der Waals surface area contributed by atoms with E-state index in [1.165, 1.54) is 26.6 Å². The Hall–Kier alpha value is -2.08. The third-order valence-corrected chi connectivity index (χ3v) is 6.99. The van der Waals surface area contributed by atoms with Crippen LogP contribution in [-0.2, 0) is 18.6 Å². The van der Waals surface area contributed by atoms with Gasteiger partial charge in [0.05, 0.1) is 5.69 Å². The van der Waals surface area contributed by atoms with Crippen LogP contribution in [0.2, 0.25) is 0 Å². The summed E-state index contributed by atoms with van der Waals surface area (Å²) < 4.78 is 0. The highest BCUT2D eigenvalue weighted by Gasteiger charge is 2.16. The number of thioether (sulfide) groups is 1. The van der Waals surface area contributed by atoms with Crippen molar-refractivity contribution in [2.75, 3.05) is 25.4 Å². The van der Waals surface area contributed by atoms with Crippen LogP contribution in [0.4, 0.5) is 5.13 Å². The first-order valence-electron chi connectivity index (χ1n) is 9.66. The molecule has 0 bridgehead atoms. The number of anilines is 1. The number of nitrogens with two attached hydrogens (primary N) is 1. The Bertz CT molecular complexity index is 891. The van der Waals surface area contributed by atoms with E-state index >= 15 is 0 Å². The standard InChI is InChI=1S/C23H25N3S2/c24-23-25-21-12-15-26(16-13-22(21)28-23)14-4-7-18-8-10-20(11-9-18)27-17-19-5-2-1-3-6-19/h1-11H,12-17H2,(H2,24,25). The molecule has 4 rings (SSSR count). The lowest BCUT2D eigenvalue weighted by molar-refractivity contribution is 0.318. The minimum absolute atomic E-state index is 0.712. The van der Waals surface area contributed by atoms with Crippen LogP contribution in [0.25, 0.3) is 6.08 Å². The van der Waals surface area contributed by atoms with Crippen molar-refractivity contribution in [2.45, 2.75) is 23.5 Å². The maximum Gasteiger partial charge on any atom is 0.180 e. The second-order valence-electron chi connectivity index (χ2n) is 6.97. The van der Waals surface area contributed by atoms with Gasteiger partial charge in [-0.3, -0.25) is 4.90 Å². The van der Waals surface area contributed by atoms with Crippen molar-refractivity contribution in [1.82, 2.24) is 9.88 Å². The number of nitrogen functional groups attached to an aromatic ring is 1. The molecule has 0 saturated heterocycles. The molecule has 0 unspecified atom stereocenters. The largest absolute Gasteiger partial charge is 0.375 e. The molecule has 0 spiro atoms. The van der Waals surface area contributed by atoms with Crippen LogP contribution < -0.4 is 5.73 Å². The lowest BCUT2D eigenvalue weighted by Crippen LogP contribution is -2.26. The van der Waals surface area contributed by atoms with Crippen LogP contribution in [0, 0.1) is 0 Å². The number of hydrogen-bond donors (Lipinski definition) is 1. The highest BCUT2D eigenvalue weighted by molar-refractivity contribution is 7.98. The molecule has 0 amide bonds. The summed E-state index contributed by atoms with van der Waals surface area (Å²) in [7, 11) is 0. The van der Waals surface area contributed by atoms with Crippen LogP contribution in [0.5, 0.6) is 0 Å². The molecule has 3 nitrogen and oxygen atoms in total. The maximum atomic E-state index is 5.83. The fraction of sp³-hybridized carbons (Fsp3) is 0.261. The minimum atomic E-state index is 0.712. The van der Waals surface area contributed by atoms with E-state index in [2.05, 4.69) is 76.6 Å². The summed E-state index contributed by atoms with van der Waals surface area (Å²) in [5, 5.41) is 0.712. The second-order valence-corrected chi connectivity index (χ2v) is 9.13. The molecule has 5 heteroatoms. The number of aromatic nitrogens is 1. The van der Waals surface area contributed by atoms with Crippen molar-refractivity contribution in [3.8, 4) is 0 Å². The molecule has 2 aromatic carbocycles. The number of hydrogen-bond acceptors (Lipinski definition) is 5. The summed E-state index contributed by atoms with van der Waals surface area (Å²) >= 11 is 3.53. The third-order valence-electron chi connectivity index (χ3n) is 4.92. The summed E-state index contributed by atoms with van der Waals surface area (Å²) in [5.41, 5.74) is 9.65. The molecule has 3 aromatic rings. The Morgan fingerprint density at radius 1 is 1.04 bits per heavy atom. The Kier molecular flexibility index (Phi) is 6.47. The average molecular weight is 408 g/mol. The van der Waals surface area contributed by atoms with E-state index in [0.29, 0.717) is 5.13 Å². The molecule has 2 N–H and O–H groups in total. The van der Waals surface area contributed by atoms with Crippen LogP contribution in [-0.4, -0.2) is 29.5 Å². The van der Waals surface area contributed by atoms with Gasteiger partial charge in [0.1, 0.15) is 0 Å². The van der Waals surface area contributed by atoms with Gasteiger partial charge in [-0.05, 0) is 29.7 Å². The number of thiazole rings is 1. The molecule has 2 heterocycles. The number of nitrogens with zero attached hydrogens (tertiary/aromatic N) is 2. The van der Waals surface area contributed by atoms with Crippen molar-refractivity contribution in [2.24, 2.45) is 0 Å². The van der Waals surface area contributed by atoms with Crippen LogP contribution in [0.15, 0.2) is 65.6 Å². The topological polar surface area (TPSA) is 42.1 Å². The van der Waals surface area contributed by atoms with E-state index in [9.17, 15) is 0 Å². The van der Waals surface area contributed by atoms with Crippen molar-refractivity contribution in [3.63, 3.8) is 0 Å². The summed E-state index contributed by atoms with van der Waals surface area (Å²) in [4.78, 5) is 9.64. The Morgan fingerprint density at radius 3 is 2.64 bits per heavy atom. The van der Waals surface area contributed by atoms with Gasteiger partial charge < -0.3 is 5.73 Å². The average Bonchev–Trinajstić information content (AvgIpc) is 2.99. The summed E-state index contributed by atoms with van der Waals surface area (Å²) in [6.07, 6.45) is 6.56. The maximum absolute atomic E-state index is 5.83. The molecule has 0 radical (unpaired) electrons. The van der Waals surface area contributed by atoms with E-state index in [4.69, 9.17) is 5.73 Å². The van der Waals surface area contributed by atoms with Gasteiger partial charge >= 0.3 is 0 Å². The fourth-order valence-electron chi connectivity index (χ4n) is 3.37. The van der Waals surface area contributed by atoms with E-state index in [1.54, 1.807) is 11.3 Å². The van der Waals surface area contributed by atoms with Crippen LogP contribution in [0.3, 0.4) is 0 Å². The molecule has 0 atom stereocenters. The minimum Gasteiger partial charge on any atom is -0.375 e. The van der Waals surface area contributed by atoms with Gasteiger partial charge in [0.25, 0.3) is 0 Å². The number of rotatable bonds is 6. The highest BCUT2D eigenvalue weighted by atomic mass is 32.2. The van der Waals surface area contributed by atoms with E-state index in [1.807, 2.05) is 11.8 Å². The van der Waals surface area contributed by atoms with E-state index in [-0.39, 0.29) is 0 Å². The molecule has 0 fully saturated rings. The first-order chi connectivity index (χ1) is 13.8. The Labute approximate surface area is 175 Å². The zero-order valence-corrected chi connectivity index (χ0v) is 17.5. The summed E-state index contributed by atoms with van der Waals surface area (Å²) in [6, 6.07) is 19.5. The molecule has 0 aliphatic carbocycles. The zero-order chi connectivity index (χ0) is 19.2. The molecule has 28 heavy (non-hydrogen) atoms. The van der Waals surface area contributed by atoms with Crippen molar-refractivity contribution in [1.29, 1.82) is 0 Å². The monoisotopic (exact) mass is 407 g/mol. The predicted molar refractivity (Wildman–Crippen MR) is 122 cm³/mol. The van der Waals surface area contributed by atoms with Gasteiger partial charge in [-0.1, -0.05) is 54.6 Å². The van der Waals surface area contributed by atoms with Gasteiger partial charge in [0, 0.05) is 41.6 Å². The molecule has 144 valence electrons. The molecule has 1 aliphatic rings. The zero-order valence-electron chi connectivity index (χ0n) is 15.9. The number of benzene rings is 2. The highest BCUT2D eigenvalue weighted by Crippen LogP contribution is 2.25. The Balaban J connectivity index is 1.25. The molecule has 1 aliphatic heterocycles. The smallest absolute Gasteiger partial charge is 0.180 e. The quantitative estimate of drug-likeness (QED) is 0.575. The lowest BCUT2D eigenvalue weighted by atomic mass is 10.2. The fourth-order valence-corrected chi connectivity index (χ4v) is 5.09. The lowest BCUT2D eigenvalue weighted by Gasteiger charge is -2.17. The third kappa shape index (κ3) is 5.25. The summed E-state index contributed by atoms with van der Waals surface area (Å²) in [5.74, 6) is 1.01. The van der Waals surface area contributed by atoms with Crippen molar-refractivity contribution in [3.05, 3.63) is 82.4 Å². The molecular formula is C23H25N3S2. The van der Waals surface area contributed by atoms with Gasteiger partial charge in [-0.15, -0.1) is 23.1 Å². The van der Waals surface area contributed by atoms with Crippen LogP contribution >= 0.6 is 23.1 Å². The summed E-state index contributed by atoms with van der Waals surface area (Å²) in [6.45, 7) is 3.11. The van der Waals surface area contributed by atoms with Crippen molar-refractivity contribution >= 4 is 34.3 Å². The van der Waals surface area contributed by atoms with Gasteiger partial charge in [-0.25, -0.2) is 4.98 Å².